The lowest BCUT2D eigenvalue weighted by atomic mass is 10.0. The predicted molar refractivity (Wildman–Crippen MR) is 93.9 cm³/mol. The van der Waals surface area contributed by atoms with Gasteiger partial charge in [0.25, 0.3) is 5.91 Å². The van der Waals surface area contributed by atoms with Gasteiger partial charge < -0.3 is 21.1 Å². The third kappa shape index (κ3) is 3.49. The van der Waals surface area contributed by atoms with E-state index < -0.39 is 5.91 Å². The Morgan fingerprint density at radius 3 is 2.67 bits per heavy atom. The van der Waals surface area contributed by atoms with Crippen molar-refractivity contribution in [1.82, 2.24) is 5.32 Å². The Morgan fingerprint density at radius 1 is 1.42 bits per heavy atom. The van der Waals surface area contributed by atoms with E-state index in [1.807, 2.05) is 38.1 Å². The van der Waals surface area contributed by atoms with Crippen LogP contribution in [0.1, 0.15) is 31.9 Å². The molecule has 2 fully saturated rings. The lowest BCUT2D eigenvalue weighted by Gasteiger charge is -2.23. The van der Waals surface area contributed by atoms with Crippen molar-refractivity contribution >= 4 is 17.3 Å². The summed E-state index contributed by atoms with van der Waals surface area (Å²) in [6, 6.07) is 7.99. The molecule has 3 rings (SSSR count). The monoisotopic (exact) mass is 328 g/mol. The van der Waals surface area contributed by atoms with Crippen LogP contribution in [0.4, 0.5) is 5.69 Å². The van der Waals surface area contributed by atoms with E-state index in [1.165, 1.54) is 6.08 Å². The molecule has 0 unspecified atom stereocenters. The van der Waals surface area contributed by atoms with E-state index in [4.69, 9.17) is 15.9 Å². The van der Waals surface area contributed by atoms with Gasteiger partial charge in [-0.1, -0.05) is 26.0 Å². The summed E-state index contributed by atoms with van der Waals surface area (Å²) in [4.78, 5) is 12.0. The molecule has 2 saturated heterocycles. The molecule has 128 valence electrons. The van der Waals surface area contributed by atoms with E-state index in [0.29, 0.717) is 23.5 Å². The van der Waals surface area contributed by atoms with Gasteiger partial charge in [-0.2, -0.15) is 0 Å². The van der Waals surface area contributed by atoms with Gasteiger partial charge in [-0.15, -0.1) is 0 Å². The number of allylic oxidation sites excluding steroid dienone is 1. The maximum absolute atomic E-state index is 12.0. The quantitative estimate of drug-likeness (QED) is 0.621. The molecule has 1 aromatic rings. The summed E-state index contributed by atoms with van der Waals surface area (Å²) in [5.41, 5.74) is 7.92. The molecular formula is C18H24N4O2. The first kappa shape index (κ1) is 16.7. The fourth-order valence-corrected chi connectivity index (χ4v) is 3.03. The van der Waals surface area contributed by atoms with Crippen molar-refractivity contribution in [2.24, 2.45) is 11.7 Å². The number of morpholine rings is 1. The molecule has 6 heteroatoms. The van der Waals surface area contributed by atoms with Gasteiger partial charge in [-0.3, -0.25) is 10.2 Å². The van der Waals surface area contributed by atoms with E-state index in [9.17, 15) is 4.79 Å². The van der Waals surface area contributed by atoms with Gasteiger partial charge in [0.2, 0.25) is 0 Å². The maximum Gasteiger partial charge on any atom is 0.273 e. The van der Waals surface area contributed by atoms with Gasteiger partial charge in [0.05, 0.1) is 12.2 Å². The number of rotatable bonds is 5. The number of carbonyl (C=O) groups excluding carboxylic acids is 1. The molecule has 1 aromatic carbocycles. The third-order valence-electron chi connectivity index (χ3n) is 4.55. The molecule has 5 N–H and O–H groups in total. The van der Waals surface area contributed by atoms with Gasteiger partial charge in [-0.25, -0.2) is 0 Å². The van der Waals surface area contributed by atoms with Gasteiger partial charge >= 0.3 is 0 Å². The van der Waals surface area contributed by atoms with Gasteiger partial charge in [0.15, 0.2) is 0 Å². The average molecular weight is 328 g/mol. The highest BCUT2D eigenvalue weighted by Gasteiger charge is 2.41. The summed E-state index contributed by atoms with van der Waals surface area (Å²) in [6.07, 6.45) is 2.87. The van der Waals surface area contributed by atoms with Crippen molar-refractivity contribution in [3.63, 3.8) is 0 Å². The van der Waals surface area contributed by atoms with Gasteiger partial charge in [-0.05, 0) is 36.1 Å². The molecule has 0 aromatic heterocycles. The molecule has 0 saturated carbocycles. The molecular weight excluding hydrogens is 304 g/mol. The largest absolute Gasteiger partial charge is 0.402 e. The number of ether oxygens (including phenoxy) is 1. The zero-order valence-electron chi connectivity index (χ0n) is 14.0. The molecule has 2 bridgehead atoms. The molecule has 2 aliphatic rings. The summed E-state index contributed by atoms with van der Waals surface area (Å²) in [7, 11) is 0. The Bertz CT molecular complexity index is 666. The van der Waals surface area contributed by atoms with Crippen molar-refractivity contribution in [3.05, 3.63) is 41.6 Å². The Kier molecular flexibility index (Phi) is 4.69. The van der Waals surface area contributed by atoms with E-state index in [-0.39, 0.29) is 17.7 Å². The fourth-order valence-electron chi connectivity index (χ4n) is 3.03. The number of amides is 1. The van der Waals surface area contributed by atoms with Crippen LogP contribution in [-0.4, -0.2) is 30.3 Å². The van der Waals surface area contributed by atoms with Crippen molar-refractivity contribution in [2.45, 2.75) is 38.5 Å². The Morgan fingerprint density at radius 2 is 2.12 bits per heavy atom. The number of fused-ring (bicyclic) bond motifs is 2. The fraction of sp³-hybridized carbons (Fsp3) is 0.444. The number of anilines is 1. The Balaban J connectivity index is 1.61. The highest BCUT2D eigenvalue weighted by molar-refractivity contribution is 6.46. The van der Waals surface area contributed by atoms with Crippen molar-refractivity contribution in [2.75, 3.05) is 11.9 Å². The average Bonchev–Trinajstić information content (AvgIpc) is 3.18. The van der Waals surface area contributed by atoms with Crippen molar-refractivity contribution in [1.29, 1.82) is 5.41 Å². The number of hydrogen-bond donors (Lipinski definition) is 4. The molecule has 24 heavy (non-hydrogen) atoms. The predicted octanol–water partition coefficient (Wildman–Crippen LogP) is 1.95. The molecule has 6 nitrogen and oxygen atoms in total. The van der Waals surface area contributed by atoms with Crippen LogP contribution < -0.4 is 16.4 Å². The van der Waals surface area contributed by atoms with Gasteiger partial charge in [0, 0.05) is 24.0 Å². The number of nitrogens with two attached hydrogens (primary N) is 1. The lowest BCUT2D eigenvalue weighted by Crippen LogP contribution is -2.33. The first-order valence-electron chi connectivity index (χ1n) is 8.30. The minimum absolute atomic E-state index is 0.0839. The normalized spacial score (nSPS) is 26.0. The second-order valence-electron chi connectivity index (χ2n) is 6.72. The Hall–Kier alpha value is -2.18. The molecule has 0 spiro atoms. The zero-order chi connectivity index (χ0) is 17.3. The number of carbonyl (C=O) groups is 1. The standard InChI is InChI=1S/C18H24N4O2/c1-10(2)14(19)8-15(20)18(23)22-12-5-3-11(4-6-12)17-16-7-13(24-17)9-21-16/h3-6,8,10,13,16-17,20-21H,7,9,19H2,1-2H3,(H,22,23)/b14-8-,20-15?/t13-,16-,17+/m1/s1. The number of nitrogens with one attached hydrogen (secondary N) is 3. The van der Waals surface area contributed by atoms with E-state index >= 15 is 0 Å². The van der Waals surface area contributed by atoms with E-state index in [2.05, 4.69) is 10.6 Å². The number of benzene rings is 1. The molecule has 0 aliphatic carbocycles. The van der Waals surface area contributed by atoms with Crippen LogP contribution in [0.25, 0.3) is 0 Å². The third-order valence-corrected chi connectivity index (χ3v) is 4.55. The van der Waals surface area contributed by atoms with Crippen molar-refractivity contribution < 1.29 is 9.53 Å². The highest BCUT2D eigenvalue weighted by atomic mass is 16.5. The van der Waals surface area contributed by atoms with Crippen LogP contribution in [0.15, 0.2) is 36.0 Å². The van der Waals surface area contributed by atoms with Crippen LogP contribution in [-0.2, 0) is 9.53 Å². The molecule has 2 aliphatic heterocycles. The smallest absolute Gasteiger partial charge is 0.273 e. The summed E-state index contributed by atoms with van der Waals surface area (Å²) in [5.74, 6) is -0.364. The second kappa shape index (κ2) is 6.75. The molecule has 3 atom stereocenters. The first-order valence-corrected chi connectivity index (χ1v) is 8.30. The topological polar surface area (TPSA) is 100 Å². The Labute approximate surface area is 142 Å². The van der Waals surface area contributed by atoms with E-state index in [1.54, 1.807) is 0 Å². The van der Waals surface area contributed by atoms with Gasteiger partial charge in [0.1, 0.15) is 5.71 Å². The summed E-state index contributed by atoms with van der Waals surface area (Å²) < 4.78 is 5.97. The summed E-state index contributed by atoms with van der Waals surface area (Å²) in [6.45, 7) is 4.77. The van der Waals surface area contributed by atoms with Crippen LogP contribution in [0, 0.1) is 11.3 Å². The summed E-state index contributed by atoms with van der Waals surface area (Å²) >= 11 is 0. The SMILES string of the molecule is CC(C)/C(N)=C/C(=N)C(=O)Nc1ccc([C@@H]2O[C@H]3CN[C@@H]2C3)cc1. The van der Waals surface area contributed by atoms with Crippen molar-refractivity contribution in [3.8, 4) is 0 Å². The van der Waals surface area contributed by atoms with Crippen LogP contribution in [0.3, 0.4) is 0 Å². The van der Waals surface area contributed by atoms with Crippen LogP contribution in [0.5, 0.6) is 0 Å². The minimum Gasteiger partial charge on any atom is -0.402 e. The highest BCUT2D eigenvalue weighted by Crippen LogP contribution is 2.36. The first-order chi connectivity index (χ1) is 11.4. The minimum atomic E-state index is -0.468. The second-order valence-corrected chi connectivity index (χ2v) is 6.72. The van der Waals surface area contributed by atoms with Crippen LogP contribution >= 0.6 is 0 Å². The number of hydrogen-bond acceptors (Lipinski definition) is 5. The van der Waals surface area contributed by atoms with Crippen LogP contribution in [0.2, 0.25) is 0 Å². The molecule has 2 heterocycles. The summed E-state index contributed by atoms with van der Waals surface area (Å²) in [5, 5.41) is 14.0. The zero-order valence-corrected chi connectivity index (χ0v) is 14.0. The van der Waals surface area contributed by atoms with E-state index in [0.717, 1.165) is 18.5 Å². The lowest BCUT2D eigenvalue weighted by molar-refractivity contribution is -0.110. The molecule has 0 radical (unpaired) electrons. The maximum atomic E-state index is 12.0. The molecule has 1 amide bonds.